The van der Waals surface area contributed by atoms with E-state index in [1.807, 2.05) is 0 Å². The van der Waals surface area contributed by atoms with Crippen LogP contribution in [0.4, 0.5) is 0 Å². The fourth-order valence-electron chi connectivity index (χ4n) is 1.05. The minimum Gasteiger partial charge on any atom is -0.120 e. The number of thiophene rings is 1. The Balaban J connectivity index is 2.46. The van der Waals surface area contributed by atoms with Crippen molar-refractivity contribution in [1.82, 2.24) is 0 Å². The standard InChI is InChI=1S/C11H12Br2S/c1-2-3-4-5-6-7-9-8-10(12)14-11(9)13/h8H,2-5H2,1H3. The van der Waals surface area contributed by atoms with Crippen LogP contribution in [0, 0.1) is 11.8 Å². The minimum atomic E-state index is 1.01. The SMILES string of the molecule is CCCCCC#Cc1cc(Br)sc1Br. The van der Waals surface area contributed by atoms with E-state index in [1.165, 1.54) is 19.3 Å². The average molecular weight is 336 g/mol. The van der Waals surface area contributed by atoms with Crippen LogP contribution in [0.5, 0.6) is 0 Å². The number of hydrogen-bond donors (Lipinski definition) is 0. The van der Waals surface area contributed by atoms with Crippen molar-refractivity contribution in [2.45, 2.75) is 32.6 Å². The Bertz CT molecular complexity index is 344. The van der Waals surface area contributed by atoms with Crippen LogP contribution in [0.3, 0.4) is 0 Å². The molecule has 1 rings (SSSR count). The van der Waals surface area contributed by atoms with Crippen molar-refractivity contribution in [1.29, 1.82) is 0 Å². The van der Waals surface area contributed by atoms with E-state index in [1.54, 1.807) is 11.3 Å². The van der Waals surface area contributed by atoms with E-state index < -0.39 is 0 Å². The molecule has 0 aliphatic carbocycles. The molecule has 0 bridgehead atoms. The van der Waals surface area contributed by atoms with Crippen LogP contribution in [0.15, 0.2) is 13.6 Å². The number of unbranched alkanes of at least 4 members (excludes halogenated alkanes) is 3. The van der Waals surface area contributed by atoms with Crippen molar-refractivity contribution < 1.29 is 0 Å². The molecule has 3 heteroatoms. The maximum Gasteiger partial charge on any atom is 0.0866 e. The van der Waals surface area contributed by atoms with Crippen LogP contribution >= 0.6 is 43.2 Å². The van der Waals surface area contributed by atoms with Crippen LogP contribution in [0.25, 0.3) is 0 Å². The summed E-state index contributed by atoms with van der Waals surface area (Å²) in [6, 6.07) is 2.06. The first-order valence-corrected chi connectivity index (χ1v) is 7.08. The molecule has 0 aromatic carbocycles. The zero-order valence-electron chi connectivity index (χ0n) is 8.07. The second-order valence-corrected chi connectivity index (χ2v) is 6.75. The van der Waals surface area contributed by atoms with Crippen LogP contribution in [0.2, 0.25) is 0 Å². The summed E-state index contributed by atoms with van der Waals surface area (Å²) in [6.45, 7) is 2.21. The Morgan fingerprint density at radius 1 is 1.36 bits per heavy atom. The van der Waals surface area contributed by atoms with Gasteiger partial charge in [-0.15, -0.1) is 11.3 Å². The first-order chi connectivity index (χ1) is 6.74. The van der Waals surface area contributed by atoms with Gasteiger partial charge < -0.3 is 0 Å². The Labute approximate surface area is 106 Å². The Kier molecular flexibility index (Phi) is 5.84. The van der Waals surface area contributed by atoms with Crippen molar-refractivity contribution in [2.75, 3.05) is 0 Å². The Hall–Kier alpha value is 0.220. The lowest BCUT2D eigenvalue weighted by Gasteiger charge is -1.88. The highest BCUT2D eigenvalue weighted by molar-refractivity contribution is 9.12. The molecule has 0 aliphatic rings. The van der Waals surface area contributed by atoms with Crippen LogP contribution in [0.1, 0.15) is 38.2 Å². The number of hydrogen-bond acceptors (Lipinski definition) is 1. The summed E-state index contributed by atoms with van der Waals surface area (Å²) in [6.07, 6.45) is 4.76. The lowest BCUT2D eigenvalue weighted by molar-refractivity contribution is 0.737. The van der Waals surface area contributed by atoms with E-state index in [0.717, 1.165) is 19.6 Å². The molecular formula is C11H12Br2S. The van der Waals surface area contributed by atoms with E-state index in [0.29, 0.717) is 0 Å². The average Bonchev–Trinajstić information content (AvgIpc) is 2.45. The summed E-state index contributed by atoms with van der Waals surface area (Å²) in [4.78, 5) is 0. The van der Waals surface area contributed by atoms with E-state index in [9.17, 15) is 0 Å². The smallest absolute Gasteiger partial charge is 0.0866 e. The highest BCUT2D eigenvalue weighted by atomic mass is 79.9. The van der Waals surface area contributed by atoms with Gasteiger partial charge in [0.2, 0.25) is 0 Å². The molecule has 1 aromatic heterocycles. The van der Waals surface area contributed by atoms with Gasteiger partial charge in [-0.05, 0) is 44.3 Å². The summed E-state index contributed by atoms with van der Waals surface area (Å²) < 4.78 is 2.24. The Morgan fingerprint density at radius 3 is 2.71 bits per heavy atom. The van der Waals surface area contributed by atoms with Crippen LogP contribution in [-0.2, 0) is 0 Å². The largest absolute Gasteiger partial charge is 0.120 e. The highest BCUT2D eigenvalue weighted by Gasteiger charge is 2.00. The maximum atomic E-state index is 3.49. The second kappa shape index (κ2) is 6.66. The van der Waals surface area contributed by atoms with E-state index in [4.69, 9.17) is 0 Å². The molecule has 0 aliphatic heterocycles. The monoisotopic (exact) mass is 334 g/mol. The van der Waals surface area contributed by atoms with Crippen LogP contribution < -0.4 is 0 Å². The molecule has 76 valence electrons. The summed E-state index contributed by atoms with van der Waals surface area (Å²) >= 11 is 8.59. The summed E-state index contributed by atoms with van der Waals surface area (Å²) in [5.41, 5.74) is 1.10. The van der Waals surface area contributed by atoms with Gasteiger partial charge >= 0.3 is 0 Å². The van der Waals surface area contributed by atoms with Gasteiger partial charge in [0.15, 0.2) is 0 Å². The normalized spacial score (nSPS) is 9.64. The van der Waals surface area contributed by atoms with Gasteiger partial charge in [-0.25, -0.2) is 0 Å². The van der Waals surface area contributed by atoms with Gasteiger partial charge in [0.1, 0.15) is 0 Å². The molecule has 14 heavy (non-hydrogen) atoms. The minimum absolute atomic E-state index is 1.01. The summed E-state index contributed by atoms with van der Waals surface area (Å²) in [5.74, 6) is 6.37. The van der Waals surface area contributed by atoms with Gasteiger partial charge in [0.25, 0.3) is 0 Å². The van der Waals surface area contributed by atoms with Crippen molar-refractivity contribution in [3.05, 3.63) is 19.2 Å². The van der Waals surface area contributed by atoms with E-state index in [-0.39, 0.29) is 0 Å². The zero-order valence-corrected chi connectivity index (χ0v) is 12.1. The molecule has 1 aromatic rings. The molecule has 0 unspecified atom stereocenters. The lowest BCUT2D eigenvalue weighted by Crippen LogP contribution is -1.72. The molecule has 0 nitrogen and oxygen atoms in total. The molecule has 1 heterocycles. The highest BCUT2D eigenvalue weighted by Crippen LogP contribution is 2.31. The molecule has 0 atom stereocenters. The number of rotatable bonds is 3. The van der Waals surface area contributed by atoms with Gasteiger partial charge in [-0.1, -0.05) is 31.6 Å². The fraction of sp³-hybridized carbons (Fsp3) is 0.455. The van der Waals surface area contributed by atoms with Gasteiger partial charge in [0.05, 0.1) is 13.1 Å². The molecule has 0 N–H and O–H groups in total. The molecule has 0 fully saturated rings. The molecule has 0 radical (unpaired) electrons. The predicted molar refractivity (Wildman–Crippen MR) is 70.7 cm³/mol. The van der Waals surface area contributed by atoms with Crippen LogP contribution in [-0.4, -0.2) is 0 Å². The summed E-state index contributed by atoms with van der Waals surface area (Å²) in [5, 5.41) is 0. The number of halogens is 2. The third-order valence-electron chi connectivity index (χ3n) is 1.79. The van der Waals surface area contributed by atoms with Gasteiger partial charge in [-0.3, -0.25) is 0 Å². The van der Waals surface area contributed by atoms with Gasteiger partial charge in [0, 0.05) is 6.42 Å². The molecule has 0 saturated carbocycles. The van der Waals surface area contributed by atoms with Crippen molar-refractivity contribution in [2.24, 2.45) is 0 Å². The molecule has 0 spiro atoms. The lowest BCUT2D eigenvalue weighted by atomic mass is 10.2. The van der Waals surface area contributed by atoms with E-state index >= 15 is 0 Å². The molecular weight excluding hydrogens is 324 g/mol. The zero-order chi connectivity index (χ0) is 10.4. The fourth-order valence-corrected chi connectivity index (χ4v) is 3.72. The second-order valence-electron chi connectivity index (χ2n) is 3.00. The van der Waals surface area contributed by atoms with E-state index in [2.05, 4.69) is 56.7 Å². The first kappa shape index (κ1) is 12.3. The van der Waals surface area contributed by atoms with Crippen molar-refractivity contribution in [3.63, 3.8) is 0 Å². The maximum absolute atomic E-state index is 3.49. The quantitative estimate of drug-likeness (QED) is 0.525. The van der Waals surface area contributed by atoms with Crippen molar-refractivity contribution in [3.8, 4) is 11.8 Å². The topological polar surface area (TPSA) is 0 Å². The van der Waals surface area contributed by atoms with Gasteiger partial charge in [-0.2, -0.15) is 0 Å². The predicted octanol–water partition coefficient (Wildman–Crippen LogP) is 5.20. The third kappa shape index (κ3) is 4.16. The molecule has 0 saturated heterocycles. The third-order valence-corrected chi connectivity index (χ3v) is 4.12. The first-order valence-electron chi connectivity index (χ1n) is 4.67. The molecule has 0 amide bonds. The van der Waals surface area contributed by atoms with Crippen molar-refractivity contribution >= 4 is 43.2 Å². The Morgan fingerprint density at radius 2 is 2.14 bits per heavy atom. The summed E-state index contributed by atoms with van der Waals surface area (Å²) in [7, 11) is 0.